The zero-order chi connectivity index (χ0) is 19.7. The van der Waals surface area contributed by atoms with Crippen LogP contribution in [-0.2, 0) is 10.3 Å². The van der Waals surface area contributed by atoms with Gasteiger partial charge in [-0.15, -0.1) is 0 Å². The van der Waals surface area contributed by atoms with Crippen LogP contribution in [0.3, 0.4) is 0 Å². The number of guanidine groups is 1. The zero-order valence-electron chi connectivity index (χ0n) is 15.9. The van der Waals surface area contributed by atoms with Gasteiger partial charge in [0, 0.05) is 31.6 Å². The van der Waals surface area contributed by atoms with E-state index in [0.717, 1.165) is 5.56 Å². The van der Waals surface area contributed by atoms with Gasteiger partial charge in [-0.2, -0.15) is 0 Å². The molecule has 0 aliphatic carbocycles. The van der Waals surface area contributed by atoms with Crippen molar-refractivity contribution in [1.29, 1.82) is 0 Å². The summed E-state index contributed by atoms with van der Waals surface area (Å²) in [4.78, 5) is 33.9. The topological polar surface area (TPSA) is 79.0 Å². The lowest BCUT2D eigenvalue weighted by Crippen LogP contribution is -2.49. The number of nitrogens with two attached hydrogens (primary N) is 1. The van der Waals surface area contributed by atoms with Gasteiger partial charge in [0.15, 0.2) is 11.5 Å². The second-order valence-corrected chi connectivity index (χ2v) is 7.40. The van der Waals surface area contributed by atoms with E-state index >= 15 is 0 Å². The first-order chi connectivity index (χ1) is 13.5. The number of likely N-dealkylation sites (N-methyl/N-ethyl adjacent to an activating group) is 1. The lowest BCUT2D eigenvalue weighted by Gasteiger charge is -2.40. The molecular weight excluding hydrogens is 352 g/mol. The third-order valence-corrected chi connectivity index (χ3v) is 5.87. The zero-order valence-corrected chi connectivity index (χ0v) is 15.9. The van der Waals surface area contributed by atoms with Crippen LogP contribution in [0.1, 0.15) is 28.8 Å². The molecule has 144 valence electrons. The summed E-state index contributed by atoms with van der Waals surface area (Å²) in [6.45, 7) is 1.19. The largest absolute Gasteiger partial charge is 0.369 e. The molecule has 2 aromatic carbocycles. The molecule has 2 amide bonds. The maximum atomic E-state index is 13.2. The van der Waals surface area contributed by atoms with Gasteiger partial charge in [-0.05, 0) is 30.5 Å². The molecule has 2 aliphatic rings. The Labute approximate surface area is 164 Å². The molecule has 1 atom stereocenters. The molecule has 1 unspecified atom stereocenters. The van der Waals surface area contributed by atoms with Gasteiger partial charge in [-0.1, -0.05) is 48.5 Å². The van der Waals surface area contributed by atoms with Crippen LogP contribution in [0, 0.1) is 5.92 Å². The van der Waals surface area contributed by atoms with E-state index in [9.17, 15) is 9.59 Å². The lowest BCUT2D eigenvalue weighted by molar-refractivity contribution is -0.133. The molecular formula is C22H24N4O2. The van der Waals surface area contributed by atoms with Crippen molar-refractivity contribution < 1.29 is 9.59 Å². The van der Waals surface area contributed by atoms with Crippen LogP contribution in [0.5, 0.6) is 0 Å². The number of amides is 2. The van der Waals surface area contributed by atoms with Gasteiger partial charge in [0.1, 0.15) is 0 Å². The van der Waals surface area contributed by atoms with Crippen molar-refractivity contribution in [2.45, 2.75) is 18.4 Å². The maximum absolute atomic E-state index is 13.2. The summed E-state index contributed by atoms with van der Waals surface area (Å²) in [6, 6.07) is 19.0. The fourth-order valence-corrected chi connectivity index (χ4v) is 4.31. The van der Waals surface area contributed by atoms with Gasteiger partial charge >= 0.3 is 0 Å². The first kappa shape index (κ1) is 18.2. The smallest absolute Gasteiger partial charge is 0.261 e. The predicted octanol–water partition coefficient (Wildman–Crippen LogP) is 2.22. The highest BCUT2D eigenvalue weighted by Crippen LogP contribution is 2.44. The second kappa shape index (κ2) is 7.11. The number of carbonyl (C=O) groups is 2. The Bertz CT molecular complexity index is 905. The van der Waals surface area contributed by atoms with Gasteiger partial charge in [0.05, 0.1) is 0 Å². The van der Waals surface area contributed by atoms with Gasteiger partial charge in [-0.25, -0.2) is 4.99 Å². The normalized spacial score (nSPS) is 23.0. The Hall–Kier alpha value is -3.15. The Morgan fingerprint density at radius 1 is 1.04 bits per heavy atom. The number of piperidine rings is 1. The highest BCUT2D eigenvalue weighted by Gasteiger charge is 2.53. The van der Waals surface area contributed by atoms with E-state index in [-0.39, 0.29) is 23.7 Å². The highest BCUT2D eigenvalue weighted by atomic mass is 16.2. The maximum Gasteiger partial charge on any atom is 0.261 e. The third kappa shape index (κ3) is 2.85. The van der Waals surface area contributed by atoms with E-state index in [1.807, 2.05) is 65.6 Å². The van der Waals surface area contributed by atoms with Crippen LogP contribution in [-0.4, -0.2) is 47.7 Å². The monoisotopic (exact) mass is 376 g/mol. The summed E-state index contributed by atoms with van der Waals surface area (Å²) >= 11 is 0. The minimum absolute atomic E-state index is 0.00859. The fourth-order valence-electron chi connectivity index (χ4n) is 4.31. The number of hydrogen-bond donors (Lipinski definition) is 1. The molecule has 0 bridgehead atoms. The fraction of sp³-hybridized carbons (Fsp3) is 0.318. The van der Waals surface area contributed by atoms with Crippen LogP contribution in [0.4, 0.5) is 0 Å². The number of rotatable bonds is 3. The average molecular weight is 376 g/mol. The van der Waals surface area contributed by atoms with Crippen LogP contribution in [0.15, 0.2) is 65.7 Å². The van der Waals surface area contributed by atoms with Crippen molar-refractivity contribution in [3.05, 3.63) is 71.8 Å². The molecule has 0 saturated carbocycles. The van der Waals surface area contributed by atoms with Crippen molar-refractivity contribution in [3.8, 4) is 0 Å². The minimum Gasteiger partial charge on any atom is -0.369 e. The Balaban J connectivity index is 1.59. The van der Waals surface area contributed by atoms with Crippen LogP contribution in [0.2, 0.25) is 0 Å². The molecule has 2 heterocycles. The van der Waals surface area contributed by atoms with Crippen molar-refractivity contribution >= 4 is 17.8 Å². The number of carbonyl (C=O) groups excluding carboxylic acids is 2. The molecule has 28 heavy (non-hydrogen) atoms. The molecule has 2 aromatic rings. The summed E-state index contributed by atoms with van der Waals surface area (Å²) in [5, 5.41) is 0. The van der Waals surface area contributed by atoms with Gasteiger partial charge < -0.3 is 10.6 Å². The van der Waals surface area contributed by atoms with Crippen LogP contribution >= 0.6 is 0 Å². The summed E-state index contributed by atoms with van der Waals surface area (Å²) in [5.74, 6) is 0.178. The van der Waals surface area contributed by atoms with E-state index in [2.05, 4.69) is 4.99 Å². The van der Waals surface area contributed by atoms with Crippen molar-refractivity contribution in [1.82, 2.24) is 9.80 Å². The minimum atomic E-state index is -0.998. The van der Waals surface area contributed by atoms with E-state index in [1.54, 1.807) is 7.05 Å². The molecule has 0 aromatic heterocycles. The van der Waals surface area contributed by atoms with E-state index in [1.165, 1.54) is 4.90 Å². The molecule has 6 nitrogen and oxygen atoms in total. The summed E-state index contributed by atoms with van der Waals surface area (Å²) in [7, 11) is 1.67. The van der Waals surface area contributed by atoms with Gasteiger partial charge in [-0.3, -0.25) is 14.5 Å². The third-order valence-electron chi connectivity index (χ3n) is 5.87. The van der Waals surface area contributed by atoms with E-state index in [4.69, 9.17) is 5.73 Å². The first-order valence-corrected chi connectivity index (χ1v) is 9.57. The summed E-state index contributed by atoms with van der Waals surface area (Å²) < 4.78 is 0. The molecule has 6 heteroatoms. The standard InChI is InChI=1S/C22H24N4O2/c1-25-20(28)22(24-21(25)23,17-10-6-3-7-11-17)18-12-14-26(15-13-18)19(27)16-8-4-2-5-9-16/h2-11,18H,12-15H2,1H3,(H2,23,24). The lowest BCUT2D eigenvalue weighted by atomic mass is 9.73. The number of nitrogens with zero attached hydrogens (tertiary/aromatic N) is 3. The quantitative estimate of drug-likeness (QED) is 0.892. The number of benzene rings is 2. The van der Waals surface area contributed by atoms with E-state index in [0.29, 0.717) is 31.5 Å². The molecule has 0 radical (unpaired) electrons. The summed E-state index contributed by atoms with van der Waals surface area (Å²) in [6.07, 6.45) is 1.40. The highest BCUT2D eigenvalue weighted by molar-refractivity contribution is 6.07. The first-order valence-electron chi connectivity index (χ1n) is 9.57. The predicted molar refractivity (Wildman–Crippen MR) is 108 cm³/mol. The second-order valence-electron chi connectivity index (χ2n) is 7.40. The van der Waals surface area contributed by atoms with Crippen molar-refractivity contribution in [3.63, 3.8) is 0 Å². The van der Waals surface area contributed by atoms with Crippen molar-refractivity contribution in [2.75, 3.05) is 20.1 Å². The van der Waals surface area contributed by atoms with E-state index < -0.39 is 5.54 Å². The number of aliphatic imine (C=N–C) groups is 1. The molecule has 1 fully saturated rings. The number of hydrogen-bond acceptors (Lipinski definition) is 4. The summed E-state index contributed by atoms with van der Waals surface area (Å²) in [5.41, 5.74) is 6.59. The molecule has 2 N–H and O–H groups in total. The molecule has 2 aliphatic heterocycles. The van der Waals surface area contributed by atoms with Crippen LogP contribution < -0.4 is 5.73 Å². The van der Waals surface area contributed by atoms with Crippen LogP contribution in [0.25, 0.3) is 0 Å². The van der Waals surface area contributed by atoms with Crippen molar-refractivity contribution in [2.24, 2.45) is 16.6 Å². The van der Waals surface area contributed by atoms with Gasteiger partial charge in [0.2, 0.25) is 0 Å². The number of likely N-dealkylation sites (tertiary alicyclic amines) is 1. The Morgan fingerprint density at radius 2 is 1.61 bits per heavy atom. The van der Waals surface area contributed by atoms with Gasteiger partial charge in [0.25, 0.3) is 11.8 Å². The Morgan fingerprint density at radius 3 is 2.14 bits per heavy atom. The SMILES string of the molecule is CN1C(=O)C(c2ccccc2)(C2CCN(C(=O)c3ccccc3)CC2)N=C1N. The molecule has 1 saturated heterocycles. The Kier molecular flexibility index (Phi) is 4.63. The average Bonchev–Trinajstić information content (AvgIpc) is 2.99. The molecule has 4 rings (SSSR count). The molecule has 0 spiro atoms.